The second kappa shape index (κ2) is 11.9. The van der Waals surface area contributed by atoms with Crippen molar-refractivity contribution in [3.63, 3.8) is 0 Å². The van der Waals surface area contributed by atoms with Gasteiger partial charge in [-0.2, -0.15) is 0 Å². The molecule has 6 nitrogen and oxygen atoms in total. The third-order valence-electron chi connectivity index (χ3n) is 3.27. The van der Waals surface area contributed by atoms with E-state index in [1.165, 1.54) is 10.6 Å². The van der Waals surface area contributed by atoms with Gasteiger partial charge in [-0.05, 0) is 24.1 Å². The van der Waals surface area contributed by atoms with Crippen molar-refractivity contribution in [3.05, 3.63) is 34.9 Å². The predicted molar refractivity (Wildman–Crippen MR) is 112 cm³/mol. The smallest absolute Gasteiger partial charge is 0.211 e. The number of rotatable bonds is 8. The first-order valence-electron chi connectivity index (χ1n) is 7.51. The van der Waals surface area contributed by atoms with Crippen LogP contribution in [0.15, 0.2) is 29.3 Å². The minimum Gasteiger partial charge on any atom is -0.356 e. The quantitative estimate of drug-likeness (QED) is 0.255. The van der Waals surface area contributed by atoms with E-state index in [1.54, 1.807) is 7.05 Å². The molecule has 0 aromatic heterocycles. The third kappa shape index (κ3) is 9.05. The zero-order valence-corrected chi connectivity index (χ0v) is 18.2. The average molecular weight is 489 g/mol. The third-order valence-corrected chi connectivity index (χ3v) is 4.88. The molecule has 0 aliphatic rings. The van der Waals surface area contributed by atoms with E-state index in [1.807, 2.05) is 31.2 Å². The Labute approximate surface area is 167 Å². The van der Waals surface area contributed by atoms with Crippen LogP contribution in [0.3, 0.4) is 0 Å². The minimum absolute atomic E-state index is 0. The van der Waals surface area contributed by atoms with Gasteiger partial charge >= 0.3 is 0 Å². The standard InChI is InChI=1S/C15H25ClN4O2S.HI/c1-4-20(23(3,21)22)10-6-9-18-15(17-2)19-12-13-7-5-8-14(16)11-13;/h5,7-8,11H,4,6,9-10,12H2,1-3H3,(H2,17,18,19);1H. The van der Waals surface area contributed by atoms with E-state index < -0.39 is 10.0 Å². The van der Waals surface area contributed by atoms with E-state index in [-0.39, 0.29) is 24.0 Å². The van der Waals surface area contributed by atoms with Crippen molar-refractivity contribution in [3.8, 4) is 0 Å². The maximum absolute atomic E-state index is 11.5. The van der Waals surface area contributed by atoms with Gasteiger partial charge in [0.25, 0.3) is 0 Å². The first-order chi connectivity index (χ1) is 10.9. The summed E-state index contributed by atoms with van der Waals surface area (Å²) in [7, 11) is -1.43. The van der Waals surface area contributed by atoms with Crippen molar-refractivity contribution >= 4 is 51.6 Å². The maximum atomic E-state index is 11.5. The molecule has 0 fully saturated rings. The normalized spacial score (nSPS) is 12.0. The number of hydrogen-bond acceptors (Lipinski definition) is 3. The Morgan fingerprint density at radius 1 is 1.33 bits per heavy atom. The van der Waals surface area contributed by atoms with Crippen molar-refractivity contribution in [1.82, 2.24) is 14.9 Å². The molecule has 138 valence electrons. The van der Waals surface area contributed by atoms with Crippen molar-refractivity contribution in [2.75, 3.05) is 32.9 Å². The Bertz CT molecular complexity index is 626. The molecule has 0 spiro atoms. The molecule has 0 saturated heterocycles. The van der Waals surface area contributed by atoms with Crippen LogP contribution in [0.25, 0.3) is 0 Å². The lowest BCUT2D eigenvalue weighted by Crippen LogP contribution is -2.39. The van der Waals surface area contributed by atoms with Crippen LogP contribution < -0.4 is 10.6 Å². The molecular formula is C15H26ClIN4O2S. The van der Waals surface area contributed by atoms with Crippen LogP contribution in [0, 0.1) is 0 Å². The van der Waals surface area contributed by atoms with Gasteiger partial charge in [0.2, 0.25) is 10.0 Å². The topological polar surface area (TPSA) is 73.8 Å². The lowest BCUT2D eigenvalue weighted by atomic mass is 10.2. The van der Waals surface area contributed by atoms with Crippen LogP contribution in [0.2, 0.25) is 5.02 Å². The molecule has 1 aromatic rings. The summed E-state index contributed by atoms with van der Waals surface area (Å²) in [6.07, 6.45) is 1.94. The summed E-state index contributed by atoms with van der Waals surface area (Å²) in [5, 5.41) is 7.06. The van der Waals surface area contributed by atoms with Gasteiger partial charge in [0, 0.05) is 38.2 Å². The van der Waals surface area contributed by atoms with Crippen LogP contribution in [0.5, 0.6) is 0 Å². The summed E-state index contributed by atoms with van der Waals surface area (Å²) in [4.78, 5) is 4.14. The molecular weight excluding hydrogens is 463 g/mol. The number of halogens is 2. The second-order valence-corrected chi connectivity index (χ2v) is 7.51. The van der Waals surface area contributed by atoms with E-state index in [0.717, 1.165) is 5.56 Å². The first kappa shape index (κ1) is 23.4. The second-order valence-electron chi connectivity index (χ2n) is 5.09. The number of hydrogen-bond donors (Lipinski definition) is 2. The molecule has 0 radical (unpaired) electrons. The summed E-state index contributed by atoms with van der Waals surface area (Å²) < 4.78 is 24.4. The fourth-order valence-electron chi connectivity index (χ4n) is 2.07. The van der Waals surface area contributed by atoms with E-state index in [2.05, 4.69) is 15.6 Å². The van der Waals surface area contributed by atoms with E-state index in [4.69, 9.17) is 11.6 Å². The van der Waals surface area contributed by atoms with Crippen LogP contribution in [-0.4, -0.2) is 51.6 Å². The Kier molecular flexibility index (Phi) is 11.6. The van der Waals surface area contributed by atoms with Crippen LogP contribution >= 0.6 is 35.6 Å². The van der Waals surface area contributed by atoms with Crippen molar-refractivity contribution in [2.45, 2.75) is 19.9 Å². The molecule has 1 rings (SSSR count). The SMILES string of the molecule is CCN(CCCNC(=NC)NCc1cccc(Cl)c1)S(C)(=O)=O.I. The zero-order valence-electron chi connectivity index (χ0n) is 14.3. The van der Waals surface area contributed by atoms with E-state index in [0.29, 0.717) is 43.6 Å². The summed E-state index contributed by atoms with van der Waals surface area (Å²) in [5.74, 6) is 0.673. The van der Waals surface area contributed by atoms with Gasteiger partial charge in [-0.25, -0.2) is 12.7 Å². The van der Waals surface area contributed by atoms with Gasteiger partial charge in [-0.3, -0.25) is 4.99 Å². The van der Waals surface area contributed by atoms with Gasteiger partial charge in [0.15, 0.2) is 5.96 Å². The molecule has 24 heavy (non-hydrogen) atoms. The lowest BCUT2D eigenvalue weighted by Gasteiger charge is -2.18. The van der Waals surface area contributed by atoms with Gasteiger partial charge < -0.3 is 10.6 Å². The lowest BCUT2D eigenvalue weighted by molar-refractivity contribution is 0.424. The van der Waals surface area contributed by atoms with Crippen molar-refractivity contribution < 1.29 is 8.42 Å². The fourth-order valence-corrected chi connectivity index (χ4v) is 3.22. The van der Waals surface area contributed by atoms with Gasteiger partial charge in [0.1, 0.15) is 0 Å². The summed E-state index contributed by atoms with van der Waals surface area (Å²) in [5.41, 5.74) is 1.06. The van der Waals surface area contributed by atoms with Gasteiger partial charge in [0.05, 0.1) is 6.26 Å². The van der Waals surface area contributed by atoms with Crippen LogP contribution in [0.1, 0.15) is 18.9 Å². The predicted octanol–water partition coefficient (Wildman–Crippen LogP) is 2.29. The Balaban J connectivity index is 0.00000529. The van der Waals surface area contributed by atoms with E-state index in [9.17, 15) is 8.42 Å². The molecule has 0 amide bonds. The highest BCUT2D eigenvalue weighted by Gasteiger charge is 2.13. The summed E-state index contributed by atoms with van der Waals surface area (Å²) in [6.45, 7) is 4.07. The Morgan fingerprint density at radius 2 is 2.04 bits per heavy atom. The molecule has 1 aromatic carbocycles. The Hall–Kier alpha value is -0.580. The van der Waals surface area contributed by atoms with Crippen LogP contribution in [0.4, 0.5) is 0 Å². The fraction of sp³-hybridized carbons (Fsp3) is 0.533. The molecule has 0 bridgehead atoms. The highest BCUT2D eigenvalue weighted by atomic mass is 127. The number of sulfonamides is 1. The molecule has 0 unspecified atom stereocenters. The highest BCUT2D eigenvalue weighted by molar-refractivity contribution is 14.0. The zero-order chi connectivity index (χ0) is 17.3. The molecule has 2 N–H and O–H groups in total. The summed E-state index contributed by atoms with van der Waals surface area (Å²) in [6, 6.07) is 7.61. The number of guanidine groups is 1. The first-order valence-corrected chi connectivity index (χ1v) is 9.73. The van der Waals surface area contributed by atoms with Gasteiger partial charge in [-0.15, -0.1) is 24.0 Å². The molecule has 0 aliphatic heterocycles. The van der Waals surface area contributed by atoms with Crippen LogP contribution in [-0.2, 0) is 16.6 Å². The number of benzene rings is 1. The van der Waals surface area contributed by atoms with E-state index >= 15 is 0 Å². The molecule has 0 saturated carbocycles. The molecule has 0 heterocycles. The minimum atomic E-state index is -3.12. The molecule has 0 atom stereocenters. The van der Waals surface area contributed by atoms with Crippen molar-refractivity contribution in [2.24, 2.45) is 4.99 Å². The monoisotopic (exact) mass is 488 g/mol. The maximum Gasteiger partial charge on any atom is 0.211 e. The molecule has 0 aliphatic carbocycles. The van der Waals surface area contributed by atoms with Crippen molar-refractivity contribution in [1.29, 1.82) is 0 Å². The summed E-state index contributed by atoms with van der Waals surface area (Å²) >= 11 is 5.95. The van der Waals surface area contributed by atoms with Gasteiger partial charge in [-0.1, -0.05) is 30.7 Å². The number of nitrogens with zero attached hydrogens (tertiary/aromatic N) is 2. The highest BCUT2D eigenvalue weighted by Crippen LogP contribution is 2.10. The largest absolute Gasteiger partial charge is 0.356 e. The Morgan fingerprint density at radius 3 is 2.58 bits per heavy atom. The number of aliphatic imine (C=N–C) groups is 1. The number of nitrogens with one attached hydrogen (secondary N) is 2. The average Bonchev–Trinajstić information content (AvgIpc) is 2.49. The molecule has 9 heteroatoms.